The number of hydrogen-bond acceptors (Lipinski definition) is 5. The lowest BCUT2D eigenvalue weighted by Crippen LogP contribution is -2.33. The molecule has 2 aromatic rings. The minimum Gasteiger partial charge on any atom is -0.467 e. The quantitative estimate of drug-likeness (QED) is 0.846. The van der Waals surface area contributed by atoms with E-state index >= 15 is 0 Å². The highest BCUT2D eigenvalue weighted by Gasteiger charge is 2.22. The third kappa shape index (κ3) is 2.39. The SMILES string of the molecule is COC(=O)[C@H](CO)n1cnc2c(Br)cccc2c1=O. The first kappa shape index (κ1) is 13.7. The molecule has 6 nitrogen and oxygen atoms in total. The van der Waals surface area contributed by atoms with E-state index in [1.807, 2.05) is 0 Å². The molecule has 1 heterocycles. The number of esters is 1. The van der Waals surface area contributed by atoms with Crippen molar-refractivity contribution in [3.8, 4) is 0 Å². The summed E-state index contributed by atoms with van der Waals surface area (Å²) in [7, 11) is 1.20. The minimum atomic E-state index is -1.09. The summed E-state index contributed by atoms with van der Waals surface area (Å²) in [5.74, 6) is -0.694. The first-order chi connectivity index (χ1) is 9.10. The lowest BCUT2D eigenvalue weighted by Gasteiger charge is -2.15. The number of halogens is 1. The maximum atomic E-state index is 12.3. The number of methoxy groups -OCH3 is 1. The molecule has 7 heteroatoms. The van der Waals surface area contributed by atoms with Gasteiger partial charge in [0.2, 0.25) is 0 Å². The number of fused-ring (bicyclic) bond motifs is 1. The van der Waals surface area contributed by atoms with Gasteiger partial charge in [0.05, 0.1) is 30.9 Å². The summed E-state index contributed by atoms with van der Waals surface area (Å²) in [6.07, 6.45) is 1.23. The number of aromatic nitrogens is 2. The summed E-state index contributed by atoms with van der Waals surface area (Å²) in [5.41, 5.74) is 0.0982. The van der Waals surface area contributed by atoms with Crippen molar-refractivity contribution in [2.24, 2.45) is 0 Å². The molecule has 0 fully saturated rings. The second-order valence-corrected chi connectivity index (χ2v) is 4.67. The molecule has 0 saturated carbocycles. The largest absolute Gasteiger partial charge is 0.467 e. The number of aliphatic hydroxyl groups is 1. The zero-order chi connectivity index (χ0) is 14.0. The first-order valence-electron chi connectivity index (χ1n) is 5.44. The van der Waals surface area contributed by atoms with E-state index in [2.05, 4.69) is 25.7 Å². The van der Waals surface area contributed by atoms with E-state index in [-0.39, 0.29) is 0 Å². The van der Waals surface area contributed by atoms with Crippen molar-refractivity contribution in [3.05, 3.63) is 39.4 Å². The van der Waals surface area contributed by atoms with Crippen LogP contribution in [0.4, 0.5) is 0 Å². The molecule has 19 heavy (non-hydrogen) atoms. The Balaban J connectivity index is 2.66. The number of carbonyl (C=O) groups is 1. The number of benzene rings is 1. The topological polar surface area (TPSA) is 81.4 Å². The lowest BCUT2D eigenvalue weighted by molar-refractivity contribution is -0.145. The Kier molecular flexibility index (Phi) is 3.96. The molecule has 1 aromatic carbocycles. The smallest absolute Gasteiger partial charge is 0.331 e. The van der Waals surface area contributed by atoms with Gasteiger partial charge in [-0.25, -0.2) is 9.78 Å². The van der Waals surface area contributed by atoms with Crippen molar-refractivity contribution in [1.29, 1.82) is 0 Å². The summed E-state index contributed by atoms with van der Waals surface area (Å²) >= 11 is 3.30. The molecule has 0 aliphatic heterocycles. The van der Waals surface area contributed by atoms with Gasteiger partial charge in [-0.1, -0.05) is 6.07 Å². The summed E-state index contributed by atoms with van der Waals surface area (Å²) in [6, 6.07) is 3.99. The van der Waals surface area contributed by atoms with Gasteiger partial charge in [-0.15, -0.1) is 0 Å². The summed E-state index contributed by atoms with van der Waals surface area (Å²) in [5, 5.41) is 9.59. The van der Waals surface area contributed by atoms with Crippen LogP contribution in [0.1, 0.15) is 6.04 Å². The highest BCUT2D eigenvalue weighted by molar-refractivity contribution is 9.10. The average molecular weight is 327 g/mol. The van der Waals surface area contributed by atoms with Gasteiger partial charge in [-0.3, -0.25) is 9.36 Å². The predicted octanol–water partition coefficient (Wildman–Crippen LogP) is 0.865. The van der Waals surface area contributed by atoms with Crippen LogP contribution in [0.5, 0.6) is 0 Å². The van der Waals surface area contributed by atoms with Crippen LogP contribution in [0, 0.1) is 0 Å². The number of ether oxygens (including phenoxy) is 1. The van der Waals surface area contributed by atoms with Gasteiger partial charge >= 0.3 is 5.97 Å². The van der Waals surface area contributed by atoms with Gasteiger partial charge in [-0.05, 0) is 28.1 Å². The number of carbonyl (C=O) groups excluding carboxylic acids is 1. The summed E-state index contributed by atoms with van der Waals surface area (Å²) in [6.45, 7) is -0.534. The van der Waals surface area contributed by atoms with E-state index in [1.165, 1.54) is 13.4 Å². The lowest BCUT2D eigenvalue weighted by atomic mass is 10.2. The Morgan fingerprint density at radius 1 is 1.58 bits per heavy atom. The van der Waals surface area contributed by atoms with E-state index in [0.717, 1.165) is 4.57 Å². The van der Waals surface area contributed by atoms with E-state index in [4.69, 9.17) is 0 Å². The average Bonchev–Trinajstić information content (AvgIpc) is 2.42. The Hall–Kier alpha value is -1.73. The maximum absolute atomic E-state index is 12.3. The van der Waals surface area contributed by atoms with E-state index in [1.54, 1.807) is 18.2 Å². The van der Waals surface area contributed by atoms with Gasteiger partial charge in [0.25, 0.3) is 5.56 Å². The second-order valence-electron chi connectivity index (χ2n) is 3.81. The second kappa shape index (κ2) is 5.50. The molecule has 1 atom stereocenters. The zero-order valence-corrected chi connectivity index (χ0v) is 11.6. The monoisotopic (exact) mass is 326 g/mol. The van der Waals surface area contributed by atoms with Crippen LogP contribution in [0.15, 0.2) is 33.8 Å². The van der Waals surface area contributed by atoms with Gasteiger partial charge in [0.1, 0.15) is 0 Å². The Labute approximate surface area is 116 Å². The molecule has 0 aliphatic carbocycles. The van der Waals surface area contributed by atoms with Crippen molar-refractivity contribution in [2.45, 2.75) is 6.04 Å². The molecule has 0 radical (unpaired) electrons. The van der Waals surface area contributed by atoms with Gasteiger partial charge in [0, 0.05) is 4.47 Å². The zero-order valence-electron chi connectivity index (χ0n) is 10.0. The van der Waals surface area contributed by atoms with E-state index < -0.39 is 24.2 Å². The predicted molar refractivity (Wildman–Crippen MR) is 71.8 cm³/mol. The van der Waals surface area contributed by atoms with Crippen LogP contribution in [-0.4, -0.2) is 34.3 Å². The summed E-state index contributed by atoms with van der Waals surface area (Å²) < 4.78 is 6.31. The molecular formula is C12H11BrN2O4. The number of hydrogen-bond donors (Lipinski definition) is 1. The van der Waals surface area contributed by atoms with E-state index in [0.29, 0.717) is 15.4 Å². The Morgan fingerprint density at radius 2 is 2.32 bits per heavy atom. The highest BCUT2D eigenvalue weighted by atomic mass is 79.9. The molecule has 0 bridgehead atoms. The van der Waals surface area contributed by atoms with Crippen molar-refractivity contribution >= 4 is 32.8 Å². The fourth-order valence-electron chi connectivity index (χ4n) is 1.76. The van der Waals surface area contributed by atoms with Gasteiger partial charge in [-0.2, -0.15) is 0 Å². The number of nitrogens with zero attached hydrogens (tertiary/aromatic N) is 2. The van der Waals surface area contributed by atoms with Crippen molar-refractivity contribution in [2.75, 3.05) is 13.7 Å². The van der Waals surface area contributed by atoms with Crippen molar-refractivity contribution in [1.82, 2.24) is 9.55 Å². The minimum absolute atomic E-state index is 0.360. The van der Waals surface area contributed by atoms with Crippen molar-refractivity contribution in [3.63, 3.8) is 0 Å². The van der Waals surface area contributed by atoms with Crippen molar-refractivity contribution < 1.29 is 14.6 Å². The molecule has 0 amide bonds. The maximum Gasteiger partial charge on any atom is 0.331 e. The molecule has 100 valence electrons. The van der Waals surface area contributed by atoms with Gasteiger partial charge < -0.3 is 9.84 Å². The van der Waals surface area contributed by atoms with Crippen LogP contribution in [-0.2, 0) is 9.53 Å². The molecule has 0 aliphatic rings. The molecule has 1 aromatic heterocycles. The van der Waals surface area contributed by atoms with Crippen LogP contribution < -0.4 is 5.56 Å². The normalized spacial score (nSPS) is 12.4. The van der Waals surface area contributed by atoms with E-state index in [9.17, 15) is 14.7 Å². The fourth-order valence-corrected chi connectivity index (χ4v) is 2.23. The Morgan fingerprint density at radius 3 is 2.95 bits per heavy atom. The number of aliphatic hydroxyl groups excluding tert-OH is 1. The van der Waals surface area contributed by atoms with Crippen LogP contribution in [0.25, 0.3) is 10.9 Å². The molecule has 2 rings (SSSR count). The van der Waals surface area contributed by atoms with Crippen LogP contribution >= 0.6 is 15.9 Å². The highest BCUT2D eigenvalue weighted by Crippen LogP contribution is 2.19. The molecule has 1 N–H and O–H groups in total. The third-order valence-corrected chi connectivity index (χ3v) is 3.38. The molecule has 0 unspecified atom stereocenters. The van der Waals surface area contributed by atoms with Crippen LogP contribution in [0.2, 0.25) is 0 Å². The fraction of sp³-hybridized carbons (Fsp3) is 0.250. The first-order valence-corrected chi connectivity index (χ1v) is 6.23. The molecular weight excluding hydrogens is 316 g/mol. The standard InChI is InChI=1S/C12H11BrN2O4/c1-19-12(18)9(5-16)15-6-14-10-7(11(15)17)3-2-4-8(10)13/h2-4,6,9,16H,5H2,1H3/t9-/m0/s1. The summed E-state index contributed by atoms with van der Waals surface area (Å²) in [4.78, 5) is 27.9. The third-order valence-electron chi connectivity index (χ3n) is 2.74. The molecule has 0 spiro atoms. The molecule has 0 saturated heterocycles. The Bertz CT molecular complexity index is 683. The number of para-hydroxylation sites is 1. The number of rotatable bonds is 3. The van der Waals surface area contributed by atoms with Gasteiger partial charge in [0.15, 0.2) is 6.04 Å². The van der Waals surface area contributed by atoms with Crippen LogP contribution in [0.3, 0.4) is 0 Å².